The molecular formula is C79H55N3. The van der Waals surface area contributed by atoms with E-state index in [-0.39, 0.29) is 0 Å². The third-order valence-corrected chi connectivity index (χ3v) is 16.7. The predicted molar refractivity (Wildman–Crippen MR) is 344 cm³/mol. The van der Waals surface area contributed by atoms with E-state index in [0.29, 0.717) is 0 Å². The minimum Gasteiger partial charge on any atom is -0.311 e. The highest BCUT2D eigenvalue weighted by Gasteiger charge is 2.46. The van der Waals surface area contributed by atoms with Crippen LogP contribution in [0.5, 0.6) is 0 Å². The highest BCUT2D eigenvalue weighted by atomic mass is 15.1. The average Bonchev–Trinajstić information content (AvgIpc) is 3.94. The maximum Gasteiger partial charge on any atom is 0.0713 e. The van der Waals surface area contributed by atoms with Gasteiger partial charge >= 0.3 is 0 Å². The second kappa shape index (κ2) is 20.5. The van der Waals surface area contributed by atoms with Gasteiger partial charge in [-0.05, 0) is 164 Å². The third kappa shape index (κ3) is 8.29. The monoisotopic (exact) mass is 1050 g/mol. The van der Waals surface area contributed by atoms with Crippen molar-refractivity contribution in [1.82, 2.24) is 4.57 Å². The predicted octanol–water partition coefficient (Wildman–Crippen LogP) is 21.1. The van der Waals surface area contributed by atoms with Crippen LogP contribution in [0.1, 0.15) is 22.3 Å². The van der Waals surface area contributed by atoms with Crippen molar-refractivity contribution in [1.29, 1.82) is 0 Å². The maximum absolute atomic E-state index is 2.41. The molecule has 1 heterocycles. The Kier molecular flexibility index (Phi) is 12.1. The molecule has 1 aliphatic rings. The van der Waals surface area contributed by atoms with Gasteiger partial charge in [-0.15, -0.1) is 0 Å². The van der Waals surface area contributed by atoms with Crippen LogP contribution in [0.3, 0.4) is 0 Å². The van der Waals surface area contributed by atoms with Crippen LogP contribution in [-0.2, 0) is 5.41 Å². The summed E-state index contributed by atoms with van der Waals surface area (Å²) >= 11 is 0. The molecule has 15 rings (SSSR count). The first kappa shape index (κ1) is 48.4. The number of para-hydroxylation sites is 2. The van der Waals surface area contributed by atoms with E-state index >= 15 is 0 Å². The van der Waals surface area contributed by atoms with E-state index in [0.717, 1.165) is 39.8 Å². The van der Waals surface area contributed by atoms with Crippen molar-refractivity contribution in [3.8, 4) is 50.2 Å². The molecule has 0 amide bonds. The quantitative estimate of drug-likeness (QED) is 0.121. The number of rotatable bonds is 12. The van der Waals surface area contributed by atoms with Gasteiger partial charge in [-0.2, -0.15) is 0 Å². The number of benzene rings is 13. The zero-order valence-electron chi connectivity index (χ0n) is 45.1. The summed E-state index contributed by atoms with van der Waals surface area (Å²) in [6.45, 7) is 0. The zero-order chi connectivity index (χ0) is 54.4. The zero-order valence-corrected chi connectivity index (χ0v) is 45.1. The van der Waals surface area contributed by atoms with Crippen LogP contribution < -0.4 is 9.80 Å². The lowest BCUT2D eigenvalue weighted by atomic mass is 9.67. The lowest BCUT2D eigenvalue weighted by Crippen LogP contribution is -2.28. The summed E-state index contributed by atoms with van der Waals surface area (Å²) in [7, 11) is 0. The van der Waals surface area contributed by atoms with Gasteiger partial charge in [-0.3, -0.25) is 0 Å². The molecule has 1 aliphatic carbocycles. The van der Waals surface area contributed by atoms with Crippen molar-refractivity contribution in [2.75, 3.05) is 9.80 Å². The molecule has 14 aromatic rings. The van der Waals surface area contributed by atoms with Gasteiger partial charge < -0.3 is 14.4 Å². The minimum absolute atomic E-state index is 0.621. The molecule has 0 spiro atoms. The van der Waals surface area contributed by atoms with Crippen molar-refractivity contribution in [3.05, 3.63) is 356 Å². The number of nitrogens with zero attached hydrogens (tertiary/aromatic N) is 3. The van der Waals surface area contributed by atoms with E-state index in [1.54, 1.807) is 0 Å². The van der Waals surface area contributed by atoms with E-state index in [2.05, 4.69) is 348 Å². The van der Waals surface area contributed by atoms with Crippen LogP contribution in [0.15, 0.2) is 334 Å². The molecule has 0 atom stereocenters. The number of hydrogen-bond acceptors (Lipinski definition) is 2. The number of anilines is 6. The molecule has 0 saturated carbocycles. The van der Waals surface area contributed by atoms with Crippen molar-refractivity contribution in [3.63, 3.8) is 0 Å². The van der Waals surface area contributed by atoms with Crippen molar-refractivity contribution < 1.29 is 0 Å². The number of aromatic nitrogens is 1. The maximum atomic E-state index is 2.41. The molecule has 0 saturated heterocycles. The fourth-order valence-corrected chi connectivity index (χ4v) is 12.9. The summed E-state index contributed by atoms with van der Waals surface area (Å²) in [5.74, 6) is 0. The van der Waals surface area contributed by atoms with Gasteiger partial charge in [0, 0.05) is 50.6 Å². The van der Waals surface area contributed by atoms with Gasteiger partial charge in [0.15, 0.2) is 0 Å². The second-order valence-corrected chi connectivity index (χ2v) is 21.2. The molecule has 0 radical (unpaired) electrons. The molecule has 1 aromatic heterocycles. The average molecular weight is 1050 g/mol. The molecule has 13 aromatic carbocycles. The van der Waals surface area contributed by atoms with Crippen LogP contribution >= 0.6 is 0 Å². The Morgan fingerprint density at radius 2 is 0.549 bits per heavy atom. The Hall–Kier alpha value is -10.7. The largest absolute Gasteiger partial charge is 0.311 e. The van der Waals surface area contributed by atoms with Crippen LogP contribution in [0.2, 0.25) is 0 Å². The van der Waals surface area contributed by atoms with Crippen molar-refractivity contribution in [2.45, 2.75) is 5.41 Å². The van der Waals surface area contributed by atoms with Gasteiger partial charge in [0.05, 0.1) is 16.4 Å². The molecular weight excluding hydrogens is 991 g/mol. The number of fused-ring (bicyclic) bond motifs is 6. The minimum atomic E-state index is -0.621. The van der Waals surface area contributed by atoms with E-state index in [1.807, 2.05) is 0 Å². The van der Waals surface area contributed by atoms with Crippen LogP contribution in [0.4, 0.5) is 34.1 Å². The van der Waals surface area contributed by atoms with Crippen LogP contribution in [0, 0.1) is 0 Å². The normalized spacial score (nSPS) is 12.2. The SMILES string of the molecule is c1ccc(-c2ccc(N(c3ccc(-c4ccccc4)cc3)c3ccc(C4(c5ccc(N(c6ccc(-c7ccccc7)cc6)c6ccc7c(c6)c6ccccc6n7-c6ccccc6)cc5)c5ccccc5-c5ccccc54)cc3)cc2)cc1. The van der Waals surface area contributed by atoms with E-state index < -0.39 is 5.41 Å². The first-order valence-electron chi connectivity index (χ1n) is 28.2. The molecule has 0 fully saturated rings. The van der Waals surface area contributed by atoms with Gasteiger partial charge in [0.2, 0.25) is 0 Å². The second-order valence-electron chi connectivity index (χ2n) is 21.2. The molecule has 386 valence electrons. The molecule has 0 N–H and O–H groups in total. The molecule has 0 bridgehead atoms. The molecule has 3 heteroatoms. The topological polar surface area (TPSA) is 11.4 Å². The summed E-state index contributed by atoms with van der Waals surface area (Å²) in [5.41, 5.74) is 23.9. The van der Waals surface area contributed by atoms with E-state index in [9.17, 15) is 0 Å². The highest BCUT2D eigenvalue weighted by molar-refractivity contribution is 6.10. The summed E-state index contributed by atoms with van der Waals surface area (Å²) < 4.78 is 2.38. The summed E-state index contributed by atoms with van der Waals surface area (Å²) in [4.78, 5) is 4.79. The standard InChI is InChI=1S/C79H55N3/c1-5-19-56(20-6-1)59-33-43-65(44-34-59)80(66-45-35-60(36-46-66)57-21-7-2-8-22-57)68-49-39-62(40-50-68)79(75-30-16-13-27-71(75)72-28-14-17-31-76(72)79)63-41-51-69(52-42-63)81(67-47-37-61(38-48-67)58-23-9-3-10-24-58)70-53-54-78-74(55-70)73-29-15-18-32-77(73)82(78)64-25-11-4-12-26-64/h1-55H. The lowest BCUT2D eigenvalue weighted by Gasteiger charge is -2.35. The summed E-state index contributed by atoms with van der Waals surface area (Å²) in [6, 6.07) is 122. The first-order chi connectivity index (χ1) is 40.7. The molecule has 0 aliphatic heterocycles. The van der Waals surface area contributed by atoms with E-state index in [4.69, 9.17) is 0 Å². The Morgan fingerprint density at radius 3 is 0.988 bits per heavy atom. The number of hydrogen-bond donors (Lipinski definition) is 0. The van der Waals surface area contributed by atoms with Gasteiger partial charge in [-0.1, -0.05) is 237 Å². The molecule has 3 nitrogen and oxygen atoms in total. The molecule has 0 unspecified atom stereocenters. The lowest BCUT2D eigenvalue weighted by molar-refractivity contribution is 0.768. The van der Waals surface area contributed by atoms with Gasteiger partial charge in [0.1, 0.15) is 0 Å². The van der Waals surface area contributed by atoms with Gasteiger partial charge in [-0.25, -0.2) is 0 Å². The molecule has 82 heavy (non-hydrogen) atoms. The fraction of sp³-hybridized carbons (Fsp3) is 0.0127. The van der Waals surface area contributed by atoms with Crippen molar-refractivity contribution >= 4 is 55.9 Å². The highest BCUT2D eigenvalue weighted by Crippen LogP contribution is 2.57. The summed E-state index contributed by atoms with van der Waals surface area (Å²) in [6.07, 6.45) is 0. The van der Waals surface area contributed by atoms with Crippen LogP contribution in [-0.4, -0.2) is 4.57 Å². The summed E-state index contributed by atoms with van der Waals surface area (Å²) in [5, 5.41) is 2.42. The Balaban J connectivity index is 0.868. The smallest absolute Gasteiger partial charge is 0.0713 e. The Labute approximate surface area is 479 Å². The van der Waals surface area contributed by atoms with Crippen molar-refractivity contribution in [2.24, 2.45) is 0 Å². The van der Waals surface area contributed by atoms with Gasteiger partial charge in [0.25, 0.3) is 0 Å². The van der Waals surface area contributed by atoms with Crippen LogP contribution in [0.25, 0.3) is 72.0 Å². The first-order valence-corrected chi connectivity index (χ1v) is 28.2. The fourth-order valence-electron chi connectivity index (χ4n) is 12.9. The van der Waals surface area contributed by atoms with E-state index in [1.165, 1.54) is 88.6 Å². The third-order valence-electron chi connectivity index (χ3n) is 16.7. The Morgan fingerprint density at radius 1 is 0.232 bits per heavy atom. The Bertz CT molecular complexity index is 4420.